The average Bonchev–Trinajstić information content (AvgIpc) is 3.18. The van der Waals surface area contributed by atoms with Crippen LogP contribution >= 0.6 is 11.6 Å². The summed E-state index contributed by atoms with van der Waals surface area (Å²) in [7, 11) is 0. The standard InChI is InChI=1S/C22H16ClFN6O2/c1-13-20(28-29-30(13)17-5-6-19(24)18(23)12-17)22(32)27-16-4-2-3-14(11-16)21(31)26-15-7-9-25-10-8-15/h2-12H,1H3,(H,27,32)(H,25,26,31). The first kappa shape index (κ1) is 21.1. The fourth-order valence-corrected chi connectivity index (χ4v) is 3.14. The molecule has 2 aromatic heterocycles. The number of pyridine rings is 1. The van der Waals surface area contributed by atoms with Gasteiger partial charge in [-0.05, 0) is 55.5 Å². The van der Waals surface area contributed by atoms with Gasteiger partial charge in [-0.25, -0.2) is 9.07 Å². The van der Waals surface area contributed by atoms with E-state index in [9.17, 15) is 14.0 Å². The van der Waals surface area contributed by atoms with Crippen LogP contribution in [0.15, 0.2) is 67.0 Å². The lowest BCUT2D eigenvalue weighted by molar-refractivity contribution is 0.101. The van der Waals surface area contributed by atoms with Gasteiger partial charge in [-0.2, -0.15) is 0 Å². The van der Waals surface area contributed by atoms with Gasteiger partial charge in [0.25, 0.3) is 11.8 Å². The van der Waals surface area contributed by atoms with Crippen LogP contribution in [0.2, 0.25) is 5.02 Å². The summed E-state index contributed by atoms with van der Waals surface area (Å²) in [6, 6.07) is 13.9. The third-order valence-electron chi connectivity index (χ3n) is 4.58. The van der Waals surface area contributed by atoms with Crippen LogP contribution in [-0.2, 0) is 0 Å². The summed E-state index contributed by atoms with van der Waals surface area (Å²) < 4.78 is 14.8. The highest BCUT2D eigenvalue weighted by atomic mass is 35.5. The number of aromatic nitrogens is 4. The number of rotatable bonds is 5. The van der Waals surface area contributed by atoms with Crippen LogP contribution in [0.5, 0.6) is 0 Å². The maximum Gasteiger partial charge on any atom is 0.278 e. The van der Waals surface area contributed by atoms with Crippen molar-refractivity contribution in [2.45, 2.75) is 6.92 Å². The van der Waals surface area contributed by atoms with Crippen molar-refractivity contribution in [1.29, 1.82) is 0 Å². The van der Waals surface area contributed by atoms with E-state index in [0.717, 1.165) is 0 Å². The van der Waals surface area contributed by atoms with E-state index in [0.29, 0.717) is 28.3 Å². The molecule has 0 fully saturated rings. The Hall–Kier alpha value is -4.11. The Morgan fingerprint density at radius 1 is 0.969 bits per heavy atom. The topological polar surface area (TPSA) is 102 Å². The van der Waals surface area contributed by atoms with Crippen LogP contribution in [0.25, 0.3) is 5.69 Å². The Bertz CT molecular complexity index is 1310. The maximum absolute atomic E-state index is 13.4. The molecule has 0 aliphatic heterocycles. The minimum atomic E-state index is -0.556. The molecule has 0 aliphatic rings. The van der Waals surface area contributed by atoms with Crippen molar-refractivity contribution in [1.82, 2.24) is 20.0 Å². The number of anilines is 2. The molecule has 160 valence electrons. The second-order valence-electron chi connectivity index (χ2n) is 6.76. The largest absolute Gasteiger partial charge is 0.322 e. The molecule has 2 amide bonds. The number of halogens is 2. The highest BCUT2D eigenvalue weighted by Gasteiger charge is 2.18. The van der Waals surface area contributed by atoms with E-state index >= 15 is 0 Å². The zero-order chi connectivity index (χ0) is 22.7. The van der Waals surface area contributed by atoms with Gasteiger partial charge in [0, 0.05) is 29.3 Å². The van der Waals surface area contributed by atoms with E-state index in [2.05, 4.69) is 25.9 Å². The first-order valence-corrected chi connectivity index (χ1v) is 9.80. The second-order valence-corrected chi connectivity index (χ2v) is 7.17. The molecule has 2 aromatic carbocycles. The van der Waals surface area contributed by atoms with E-state index in [-0.39, 0.29) is 16.6 Å². The summed E-state index contributed by atoms with van der Waals surface area (Å²) in [6.45, 7) is 1.66. The number of nitrogens with one attached hydrogen (secondary N) is 2. The van der Waals surface area contributed by atoms with Gasteiger partial charge in [-0.3, -0.25) is 14.6 Å². The molecule has 0 aliphatic carbocycles. The van der Waals surface area contributed by atoms with Gasteiger partial charge in [0.2, 0.25) is 0 Å². The third-order valence-corrected chi connectivity index (χ3v) is 4.87. The first-order chi connectivity index (χ1) is 15.4. The number of benzene rings is 2. The molecule has 8 nitrogen and oxygen atoms in total. The van der Waals surface area contributed by atoms with Crippen molar-refractivity contribution in [3.63, 3.8) is 0 Å². The van der Waals surface area contributed by atoms with Crippen molar-refractivity contribution in [2.24, 2.45) is 0 Å². The lowest BCUT2D eigenvalue weighted by Gasteiger charge is -2.08. The fraction of sp³-hybridized carbons (Fsp3) is 0.0455. The Morgan fingerprint density at radius 2 is 1.72 bits per heavy atom. The molecule has 0 unspecified atom stereocenters. The molecule has 2 N–H and O–H groups in total. The smallest absolute Gasteiger partial charge is 0.278 e. The van der Waals surface area contributed by atoms with Crippen molar-refractivity contribution in [2.75, 3.05) is 10.6 Å². The molecule has 0 bridgehead atoms. The molecule has 0 atom stereocenters. The van der Waals surface area contributed by atoms with Crippen LogP contribution in [0, 0.1) is 12.7 Å². The number of amides is 2. The molecule has 32 heavy (non-hydrogen) atoms. The number of nitrogens with zero attached hydrogens (tertiary/aromatic N) is 4. The summed E-state index contributed by atoms with van der Waals surface area (Å²) in [6.07, 6.45) is 3.14. The summed E-state index contributed by atoms with van der Waals surface area (Å²) >= 11 is 5.83. The Kier molecular flexibility index (Phi) is 5.91. The lowest BCUT2D eigenvalue weighted by Crippen LogP contribution is -2.16. The Morgan fingerprint density at radius 3 is 2.47 bits per heavy atom. The zero-order valence-corrected chi connectivity index (χ0v) is 17.5. The minimum absolute atomic E-state index is 0.0646. The molecule has 2 heterocycles. The normalized spacial score (nSPS) is 10.6. The van der Waals surface area contributed by atoms with Crippen LogP contribution in [0.1, 0.15) is 26.5 Å². The molecule has 0 spiro atoms. The van der Waals surface area contributed by atoms with Crippen LogP contribution < -0.4 is 10.6 Å². The monoisotopic (exact) mass is 450 g/mol. The van der Waals surface area contributed by atoms with E-state index in [4.69, 9.17) is 11.6 Å². The van der Waals surface area contributed by atoms with E-state index in [1.54, 1.807) is 55.7 Å². The number of hydrogen-bond acceptors (Lipinski definition) is 5. The molecular formula is C22H16ClFN6O2. The van der Waals surface area contributed by atoms with Crippen molar-refractivity contribution >= 4 is 34.8 Å². The van der Waals surface area contributed by atoms with Crippen molar-refractivity contribution < 1.29 is 14.0 Å². The van der Waals surface area contributed by atoms with Gasteiger partial charge in [0.15, 0.2) is 5.69 Å². The average molecular weight is 451 g/mol. The van der Waals surface area contributed by atoms with Gasteiger partial charge in [-0.15, -0.1) is 5.10 Å². The van der Waals surface area contributed by atoms with Gasteiger partial charge in [-0.1, -0.05) is 22.9 Å². The highest BCUT2D eigenvalue weighted by Crippen LogP contribution is 2.21. The van der Waals surface area contributed by atoms with Crippen molar-refractivity contribution in [3.05, 3.63) is 94.8 Å². The van der Waals surface area contributed by atoms with Gasteiger partial charge < -0.3 is 10.6 Å². The number of carbonyl (C=O) groups excluding carboxylic acids is 2. The summed E-state index contributed by atoms with van der Waals surface area (Å²) in [5.74, 6) is -1.39. The van der Waals surface area contributed by atoms with E-state index < -0.39 is 11.7 Å². The Balaban J connectivity index is 1.51. The predicted molar refractivity (Wildman–Crippen MR) is 118 cm³/mol. The second kappa shape index (κ2) is 8.94. The zero-order valence-electron chi connectivity index (χ0n) is 16.7. The summed E-state index contributed by atoms with van der Waals surface area (Å²) in [4.78, 5) is 29.1. The van der Waals surface area contributed by atoms with E-state index in [1.165, 1.54) is 22.9 Å². The number of carbonyl (C=O) groups is 2. The van der Waals surface area contributed by atoms with Gasteiger partial charge in [0.05, 0.1) is 16.4 Å². The fourth-order valence-electron chi connectivity index (χ4n) is 2.97. The lowest BCUT2D eigenvalue weighted by atomic mass is 10.1. The number of hydrogen-bond donors (Lipinski definition) is 2. The third kappa shape index (κ3) is 4.47. The molecule has 0 saturated carbocycles. The first-order valence-electron chi connectivity index (χ1n) is 9.43. The minimum Gasteiger partial charge on any atom is -0.322 e. The molecule has 4 rings (SSSR count). The van der Waals surface area contributed by atoms with Crippen LogP contribution in [-0.4, -0.2) is 31.8 Å². The molecule has 0 saturated heterocycles. The van der Waals surface area contributed by atoms with Crippen LogP contribution in [0.4, 0.5) is 15.8 Å². The molecule has 4 aromatic rings. The van der Waals surface area contributed by atoms with Crippen LogP contribution in [0.3, 0.4) is 0 Å². The Labute approximate surface area is 187 Å². The summed E-state index contributed by atoms with van der Waals surface area (Å²) in [5.41, 5.74) is 2.37. The quantitative estimate of drug-likeness (QED) is 0.473. The summed E-state index contributed by atoms with van der Waals surface area (Å²) in [5, 5.41) is 13.3. The maximum atomic E-state index is 13.4. The van der Waals surface area contributed by atoms with E-state index in [1.807, 2.05) is 0 Å². The van der Waals surface area contributed by atoms with Gasteiger partial charge in [0.1, 0.15) is 5.82 Å². The highest BCUT2D eigenvalue weighted by molar-refractivity contribution is 6.30. The predicted octanol–water partition coefficient (Wildman–Crippen LogP) is 4.27. The van der Waals surface area contributed by atoms with Gasteiger partial charge >= 0.3 is 0 Å². The molecule has 10 heteroatoms. The SMILES string of the molecule is Cc1c(C(=O)Nc2cccc(C(=O)Nc3ccncc3)c2)nnn1-c1ccc(F)c(Cl)c1. The van der Waals surface area contributed by atoms with Crippen molar-refractivity contribution in [3.8, 4) is 5.69 Å². The molecule has 0 radical (unpaired) electrons. The molecular weight excluding hydrogens is 435 g/mol.